The maximum absolute atomic E-state index is 12.7. The molecule has 1 aromatic carbocycles. The van der Waals surface area contributed by atoms with E-state index in [0.717, 1.165) is 11.1 Å². The van der Waals surface area contributed by atoms with Gasteiger partial charge in [0.25, 0.3) is 5.91 Å². The SMILES string of the molecule is COc1ccnc(C(=O)N[C@@H](C)C(=O)OC(C)C(C)c2ccc(C)cc2C)c1OC(C)=O. The summed E-state index contributed by atoms with van der Waals surface area (Å²) in [7, 11) is 1.38. The van der Waals surface area contributed by atoms with Gasteiger partial charge >= 0.3 is 11.9 Å². The van der Waals surface area contributed by atoms with Crippen LogP contribution < -0.4 is 14.8 Å². The zero-order valence-electron chi connectivity index (χ0n) is 19.5. The topological polar surface area (TPSA) is 104 Å². The van der Waals surface area contributed by atoms with Gasteiger partial charge in [-0.25, -0.2) is 9.78 Å². The largest absolute Gasteiger partial charge is 0.493 e. The third-order valence-corrected chi connectivity index (χ3v) is 5.17. The van der Waals surface area contributed by atoms with Gasteiger partial charge in [-0.05, 0) is 38.8 Å². The Balaban J connectivity index is 2.09. The molecular formula is C24H30N2O6. The highest BCUT2D eigenvalue weighted by molar-refractivity contribution is 5.98. The van der Waals surface area contributed by atoms with E-state index in [1.165, 1.54) is 38.8 Å². The van der Waals surface area contributed by atoms with Crippen LogP contribution in [0.2, 0.25) is 0 Å². The number of rotatable bonds is 8. The molecule has 1 N–H and O–H groups in total. The molecule has 0 saturated carbocycles. The summed E-state index contributed by atoms with van der Waals surface area (Å²) in [5, 5.41) is 2.54. The molecule has 3 atom stereocenters. The predicted octanol–water partition coefficient (Wildman–Crippen LogP) is 3.49. The lowest BCUT2D eigenvalue weighted by molar-refractivity contribution is -0.151. The number of aryl methyl sites for hydroxylation is 2. The normalized spacial score (nSPS) is 13.5. The molecule has 2 rings (SSSR count). The molecule has 0 radical (unpaired) electrons. The van der Waals surface area contributed by atoms with Crippen LogP contribution in [-0.4, -0.2) is 42.1 Å². The average molecular weight is 443 g/mol. The molecule has 2 unspecified atom stereocenters. The minimum Gasteiger partial charge on any atom is -0.493 e. The van der Waals surface area contributed by atoms with Crippen molar-refractivity contribution in [2.75, 3.05) is 7.11 Å². The molecule has 1 amide bonds. The van der Waals surface area contributed by atoms with Crippen LogP contribution in [0.25, 0.3) is 0 Å². The Morgan fingerprint density at radius 1 is 1.06 bits per heavy atom. The fourth-order valence-electron chi connectivity index (χ4n) is 3.30. The number of amides is 1. The maximum atomic E-state index is 12.7. The van der Waals surface area contributed by atoms with Crippen LogP contribution in [-0.2, 0) is 14.3 Å². The molecule has 0 saturated heterocycles. The summed E-state index contributed by atoms with van der Waals surface area (Å²) >= 11 is 0. The number of esters is 2. The number of nitrogens with zero attached hydrogens (tertiary/aromatic N) is 1. The molecule has 32 heavy (non-hydrogen) atoms. The van der Waals surface area contributed by atoms with Crippen molar-refractivity contribution in [3.8, 4) is 11.5 Å². The zero-order valence-corrected chi connectivity index (χ0v) is 19.5. The van der Waals surface area contributed by atoms with Gasteiger partial charge < -0.3 is 19.5 Å². The summed E-state index contributed by atoms with van der Waals surface area (Å²) in [6.45, 7) is 10.6. The lowest BCUT2D eigenvalue weighted by Gasteiger charge is -2.24. The Kier molecular flexibility index (Phi) is 8.34. The number of carbonyl (C=O) groups is 3. The minimum absolute atomic E-state index is 0.0296. The molecule has 0 spiro atoms. The molecule has 0 bridgehead atoms. The first-order valence-corrected chi connectivity index (χ1v) is 10.3. The van der Waals surface area contributed by atoms with Gasteiger partial charge in [-0.3, -0.25) is 9.59 Å². The summed E-state index contributed by atoms with van der Waals surface area (Å²) in [4.78, 5) is 40.7. The summed E-state index contributed by atoms with van der Waals surface area (Å²) in [6, 6.07) is 6.66. The van der Waals surface area contributed by atoms with Crippen molar-refractivity contribution in [2.24, 2.45) is 0 Å². The number of hydrogen-bond donors (Lipinski definition) is 1. The van der Waals surface area contributed by atoms with Gasteiger partial charge in [-0.15, -0.1) is 0 Å². The van der Waals surface area contributed by atoms with Gasteiger partial charge in [0.15, 0.2) is 11.4 Å². The molecule has 0 aliphatic heterocycles. The van der Waals surface area contributed by atoms with Crippen molar-refractivity contribution in [3.63, 3.8) is 0 Å². The fraction of sp³-hybridized carbons (Fsp3) is 0.417. The second-order valence-electron chi connectivity index (χ2n) is 7.77. The minimum atomic E-state index is -0.950. The number of ether oxygens (including phenoxy) is 3. The standard InChI is InChI=1S/C24H30N2O6/c1-13-8-9-19(14(2)12-13)15(3)17(5)31-24(29)16(4)26-23(28)21-22(32-18(6)27)20(30-7)10-11-25-21/h8-12,15-17H,1-7H3,(H,26,28)/t15?,16-,17?/m0/s1. The first-order chi connectivity index (χ1) is 15.0. The van der Waals surface area contributed by atoms with E-state index in [1.807, 2.05) is 39.8 Å². The van der Waals surface area contributed by atoms with E-state index in [-0.39, 0.29) is 23.1 Å². The van der Waals surface area contributed by atoms with Crippen molar-refractivity contribution < 1.29 is 28.6 Å². The molecule has 172 valence electrons. The summed E-state index contributed by atoms with van der Waals surface area (Å²) in [5.74, 6) is -1.88. The van der Waals surface area contributed by atoms with Crippen molar-refractivity contribution in [3.05, 3.63) is 52.8 Å². The third kappa shape index (κ3) is 6.06. The Morgan fingerprint density at radius 3 is 2.34 bits per heavy atom. The lowest BCUT2D eigenvalue weighted by atomic mass is 9.91. The molecule has 2 aromatic rings. The zero-order chi connectivity index (χ0) is 24.0. The molecule has 8 nitrogen and oxygen atoms in total. The van der Waals surface area contributed by atoms with Crippen LogP contribution in [0.15, 0.2) is 30.5 Å². The number of carbonyl (C=O) groups excluding carboxylic acids is 3. The van der Waals surface area contributed by atoms with E-state index in [9.17, 15) is 14.4 Å². The lowest BCUT2D eigenvalue weighted by Crippen LogP contribution is -2.41. The van der Waals surface area contributed by atoms with Crippen molar-refractivity contribution in [1.82, 2.24) is 10.3 Å². The highest BCUT2D eigenvalue weighted by atomic mass is 16.6. The van der Waals surface area contributed by atoms with Crippen molar-refractivity contribution in [2.45, 2.75) is 59.6 Å². The molecule has 1 heterocycles. The monoisotopic (exact) mass is 442 g/mol. The second-order valence-corrected chi connectivity index (χ2v) is 7.77. The summed E-state index contributed by atoms with van der Waals surface area (Å²) < 4.78 is 15.8. The molecule has 1 aromatic heterocycles. The van der Waals surface area contributed by atoms with E-state index >= 15 is 0 Å². The first kappa shape index (κ1) is 24.8. The Labute approximate surface area is 188 Å². The van der Waals surface area contributed by atoms with Gasteiger partial charge in [0.05, 0.1) is 7.11 Å². The Bertz CT molecular complexity index is 1000. The van der Waals surface area contributed by atoms with Gasteiger partial charge in [0.2, 0.25) is 5.75 Å². The van der Waals surface area contributed by atoms with Gasteiger partial charge in [0.1, 0.15) is 12.1 Å². The van der Waals surface area contributed by atoms with Crippen LogP contribution in [0.1, 0.15) is 60.8 Å². The van der Waals surface area contributed by atoms with Gasteiger partial charge in [0, 0.05) is 25.1 Å². The van der Waals surface area contributed by atoms with Crippen molar-refractivity contribution in [1.29, 1.82) is 0 Å². The molecule has 8 heteroatoms. The van der Waals surface area contributed by atoms with Crippen LogP contribution in [0.4, 0.5) is 0 Å². The number of aromatic nitrogens is 1. The number of nitrogens with one attached hydrogen (secondary N) is 1. The van der Waals surface area contributed by atoms with Crippen LogP contribution >= 0.6 is 0 Å². The van der Waals surface area contributed by atoms with Crippen LogP contribution in [0.3, 0.4) is 0 Å². The number of hydrogen-bond acceptors (Lipinski definition) is 7. The highest BCUT2D eigenvalue weighted by Crippen LogP contribution is 2.30. The maximum Gasteiger partial charge on any atom is 0.328 e. The average Bonchev–Trinajstić information content (AvgIpc) is 2.72. The molecular weight excluding hydrogens is 412 g/mol. The smallest absolute Gasteiger partial charge is 0.328 e. The second kappa shape index (κ2) is 10.7. The molecule has 0 aliphatic carbocycles. The van der Waals surface area contributed by atoms with Gasteiger partial charge in [-0.1, -0.05) is 30.7 Å². The summed E-state index contributed by atoms with van der Waals surface area (Å²) in [5.41, 5.74) is 3.22. The molecule has 0 fully saturated rings. The quantitative estimate of drug-likeness (QED) is 0.624. The highest BCUT2D eigenvalue weighted by Gasteiger charge is 2.27. The van der Waals surface area contributed by atoms with E-state index in [0.29, 0.717) is 0 Å². The van der Waals surface area contributed by atoms with E-state index < -0.39 is 30.0 Å². The van der Waals surface area contributed by atoms with Crippen LogP contribution in [0, 0.1) is 13.8 Å². The van der Waals surface area contributed by atoms with E-state index in [1.54, 1.807) is 0 Å². The molecule has 0 aliphatic rings. The Morgan fingerprint density at radius 2 is 1.75 bits per heavy atom. The predicted molar refractivity (Wildman–Crippen MR) is 119 cm³/mol. The number of methoxy groups -OCH3 is 1. The van der Waals surface area contributed by atoms with Crippen LogP contribution in [0.5, 0.6) is 11.5 Å². The first-order valence-electron chi connectivity index (χ1n) is 10.3. The third-order valence-electron chi connectivity index (χ3n) is 5.17. The van der Waals surface area contributed by atoms with Gasteiger partial charge in [-0.2, -0.15) is 0 Å². The Hall–Kier alpha value is -3.42. The number of pyridine rings is 1. The van der Waals surface area contributed by atoms with E-state index in [4.69, 9.17) is 14.2 Å². The van der Waals surface area contributed by atoms with E-state index in [2.05, 4.69) is 16.4 Å². The number of benzene rings is 1. The fourth-order valence-corrected chi connectivity index (χ4v) is 3.30. The summed E-state index contributed by atoms with van der Waals surface area (Å²) in [6.07, 6.45) is 0.937. The van der Waals surface area contributed by atoms with Crippen molar-refractivity contribution >= 4 is 17.8 Å².